The second-order valence-corrected chi connectivity index (χ2v) is 7.17. The maximum absolute atomic E-state index is 12.4. The van der Waals surface area contributed by atoms with Gasteiger partial charge in [0, 0.05) is 16.3 Å². The molecule has 19 heavy (non-hydrogen) atoms. The van der Waals surface area contributed by atoms with Crippen molar-refractivity contribution in [3.63, 3.8) is 0 Å². The van der Waals surface area contributed by atoms with Gasteiger partial charge in [-0.1, -0.05) is 26.2 Å². The molecule has 0 radical (unpaired) electrons. The summed E-state index contributed by atoms with van der Waals surface area (Å²) in [7, 11) is 0. The standard InChI is InChI=1S/C16H23NOS/c1-11-7-8-13-14(10-19-15(13)9-11)16(18)17-12-5-3-2-4-6-12/h10-12H,2-9H2,1H3,(H,17,18)/t11-/m0/s1. The molecule has 2 nitrogen and oxygen atoms in total. The molecular weight excluding hydrogens is 254 g/mol. The van der Waals surface area contributed by atoms with Crippen LogP contribution in [0, 0.1) is 5.92 Å². The summed E-state index contributed by atoms with van der Waals surface area (Å²) in [5.74, 6) is 0.958. The second kappa shape index (κ2) is 5.66. The fourth-order valence-corrected chi connectivity index (χ4v) is 4.62. The van der Waals surface area contributed by atoms with Crippen LogP contribution < -0.4 is 5.32 Å². The Balaban J connectivity index is 1.70. The van der Waals surface area contributed by atoms with E-state index in [0.29, 0.717) is 6.04 Å². The number of thiophene rings is 1. The van der Waals surface area contributed by atoms with Gasteiger partial charge in [0.05, 0.1) is 5.56 Å². The van der Waals surface area contributed by atoms with Gasteiger partial charge in [-0.15, -0.1) is 11.3 Å². The molecule has 1 fully saturated rings. The van der Waals surface area contributed by atoms with Gasteiger partial charge in [-0.3, -0.25) is 4.79 Å². The second-order valence-electron chi connectivity index (χ2n) is 6.21. The Morgan fingerprint density at radius 3 is 2.84 bits per heavy atom. The highest BCUT2D eigenvalue weighted by atomic mass is 32.1. The molecule has 0 spiro atoms. The molecular formula is C16H23NOS. The lowest BCUT2D eigenvalue weighted by Gasteiger charge is -2.23. The summed E-state index contributed by atoms with van der Waals surface area (Å²) < 4.78 is 0. The number of hydrogen-bond acceptors (Lipinski definition) is 2. The average Bonchev–Trinajstić information content (AvgIpc) is 2.82. The van der Waals surface area contributed by atoms with E-state index in [4.69, 9.17) is 0 Å². The van der Waals surface area contributed by atoms with Gasteiger partial charge in [0.2, 0.25) is 0 Å². The Bertz CT molecular complexity index is 459. The molecule has 3 rings (SSSR count). The van der Waals surface area contributed by atoms with Gasteiger partial charge in [-0.2, -0.15) is 0 Å². The number of fused-ring (bicyclic) bond motifs is 1. The number of nitrogens with one attached hydrogen (secondary N) is 1. The minimum absolute atomic E-state index is 0.180. The van der Waals surface area contributed by atoms with Crippen molar-refractivity contribution in [3.05, 3.63) is 21.4 Å². The van der Waals surface area contributed by atoms with E-state index in [9.17, 15) is 4.79 Å². The smallest absolute Gasteiger partial charge is 0.252 e. The Labute approximate surface area is 119 Å². The van der Waals surface area contributed by atoms with Crippen molar-refractivity contribution in [2.24, 2.45) is 5.92 Å². The van der Waals surface area contributed by atoms with Crippen LogP contribution in [0.25, 0.3) is 0 Å². The normalized spacial score (nSPS) is 23.9. The lowest BCUT2D eigenvalue weighted by molar-refractivity contribution is 0.0927. The van der Waals surface area contributed by atoms with Gasteiger partial charge in [-0.05, 0) is 43.6 Å². The van der Waals surface area contributed by atoms with Crippen LogP contribution in [-0.4, -0.2) is 11.9 Å². The fraction of sp³-hybridized carbons (Fsp3) is 0.688. The predicted molar refractivity (Wildman–Crippen MR) is 79.8 cm³/mol. The van der Waals surface area contributed by atoms with Gasteiger partial charge in [0.25, 0.3) is 5.91 Å². The van der Waals surface area contributed by atoms with Gasteiger partial charge in [0.15, 0.2) is 0 Å². The summed E-state index contributed by atoms with van der Waals surface area (Å²) in [4.78, 5) is 13.9. The largest absolute Gasteiger partial charge is 0.349 e. The van der Waals surface area contributed by atoms with Crippen molar-refractivity contribution in [1.29, 1.82) is 0 Å². The van der Waals surface area contributed by atoms with Crippen molar-refractivity contribution in [2.75, 3.05) is 0 Å². The number of carbonyl (C=O) groups excluding carboxylic acids is 1. The summed E-state index contributed by atoms with van der Waals surface area (Å²) in [6, 6.07) is 0.416. The Morgan fingerprint density at radius 2 is 2.05 bits per heavy atom. The zero-order valence-corrected chi connectivity index (χ0v) is 12.5. The maximum Gasteiger partial charge on any atom is 0.252 e. The van der Waals surface area contributed by atoms with Crippen molar-refractivity contribution < 1.29 is 4.79 Å². The molecule has 2 aliphatic rings. The first kappa shape index (κ1) is 13.2. The van der Waals surface area contributed by atoms with Crippen molar-refractivity contribution in [2.45, 2.75) is 64.3 Å². The molecule has 0 aliphatic heterocycles. The zero-order chi connectivity index (χ0) is 13.2. The van der Waals surface area contributed by atoms with Crippen LogP contribution >= 0.6 is 11.3 Å². The number of rotatable bonds is 2. The third-order valence-electron chi connectivity index (χ3n) is 4.59. The molecule has 0 bridgehead atoms. The van der Waals surface area contributed by atoms with Gasteiger partial charge in [-0.25, -0.2) is 0 Å². The van der Waals surface area contributed by atoms with Crippen LogP contribution in [0.1, 0.15) is 66.2 Å². The minimum atomic E-state index is 0.180. The summed E-state index contributed by atoms with van der Waals surface area (Å²) >= 11 is 1.79. The average molecular weight is 277 g/mol. The summed E-state index contributed by atoms with van der Waals surface area (Å²) in [6.45, 7) is 2.31. The molecule has 2 aliphatic carbocycles. The molecule has 1 aromatic rings. The predicted octanol–water partition coefficient (Wildman–Crippen LogP) is 3.94. The third kappa shape index (κ3) is 2.86. The molecule has 0 aromatic carbocycles. The summed E-state index contributed by atoms with van der Waals surface area (Å²) in [5.41, 5.74) is 2.31. The lowest BCUT2D eigenvalue weighted by Crippen LogP contribution is -2.36. The van der Waals surface area contributed by atoms with Crippen LogP contribution in [0.15, 0.2) is 5.38 Å². The van der Waals surface area contributed by atoms with Crippen molar-refractivity contribution >= 4 is 17.2 Å². The van der Waals surface area contributed by atoms with Crippen molar-refractivity contribution in [1.82, 2.24) is 5.32 Å². The number of carbonyl (C=O) groups is 1. The lowest BCUT2D eigenvalue weighted by atomic mass is 9.88. The molecule has 1 saturated carbocycles. The van der Waals surface area contributed by atoms with E-state index >= 15 is 0 Å². The molecule has 1 aromatic heterocycles. The number of amides is 1. The number of hydrogen-bond donors (Lipinski definition) is 1. The highest BCUT2D eigenvalue weighted by Crippen LogP contribution is 2.33. The molecule has 1 N–H and O–H groups in total. The third-order valence-corrected chi connectivity index (χ3v) is 5.64. The quantitative estimate of drug-likeness (QED) is 0.871. The van der Waals surface area contributed by atoms with Crippen molar-refractivity contribution in [3.8, 4) is 0 Å². The Kier molecular flexibility index (Phi) is 3.92. The molecule has 1 atom stereocenters. The van der Waals surface area contributed by atoms with E-state index in [1.807, 2.05) is 0 Å². The summed E-state index contributed by atoms with van der Waals surface area (Å²) in [5, 5.41) is 5.33. The monoisotopic (exact) mass is 277 g/mol. The highest BCUT2D eigenvalue weighted by molar-refractivity contribution is 7.10. The molecule has 0 saturated heterocycles. The highest BCUT2D eigenvalue weighted by Gasteiger charge is 2.24. The molecule has 3 heteroatoms. The zero-order valence-electron chi connectivity index (χ0n) is 11.7. The van der Waals surface area contributed by atoms with E-state index in [0.717, 1.165) is 37.2 Å². The SMILES string of the molecule is C[C@H]1CCc2c(C(=O)NC3CCCCC3)csc2C1. The molecule has 1 heterocycles. The van der Waals surface area contributed by atoms with E-state index in [1.165, 1.54) is 36.1 Å². The van der Waals surface area contributed by atoms with E-state index in [1.54, 1.807) is 11.3 Å². The van der Waals surface area contributed by atoms with Gasteiger partial charge < -0.3 is 5.32 Å². The van der Waals surface area contributed by atoms with E-state index in [-0.39, 0.29) is 5.91 Å². The summed E-state index contributed by atoms with van der Waals surface area (Å²) in [6.07, 6.45) is 9.67. The maximum atomic E-state index is 12.4. The molecule has 0 unspecified atom stereocenters. The fourth-order valence-electron chi connectivity index (χ4n) is 3.38. The Morgan fingerprint density at radius 1 is 1.26 bits per heavy atom. The minimum Gasteiger partial charge on any atom is -0.349 e. The molecule has 1 amide bonds. The van der Waals surface area contributed by atoms with E-state index < -0.39 is 0 Å². The first-order chi connectivity index (χ1) is 9.24. The van der Waals surface area contributed by atoms with Crippen LogP contribution in [0.2, 0.25) is 0 Å². The van der Waals surface area contributed by atoms with Crippen LogP contribution in [0.4, 0.5) is 0 Å². The van der Waals surface area contributed by atoms with Gasteiger partial charge >= 0.3 is 0 Å². The van der Waals surface area contributed by atoms with Gasteiger partial charge in [0.1, 0.15) is 0 Å². The topological polar surface area (TPSA) is 29.1 Å². The first-order valence-corrected chi connectivity index (χ1v) is 8.52. The van der Waals surface area contributed by atoms with Crippen LogP contribution in [0.3, 0.4) is 0 Å². The van der Waals surface area contributed by atoms with Crippen LogP contribution in [0.5, 0.6) is 0 Å². The van der Waals surface area contributed by atoms with E-state index in [2.05, 4.69) is 17.6 Å². The Hall–Kier alpha value is -0.830. The first-order valence-electron chi connectivity index (χ1n) is 7.64. The van der Waals surface area contributed by atoms with Crippen LogP contribution in [-0.2, 0) is 12.8 Å². The molecule has 104 valence electrons.